The number of benzene rings is 1. The maximum Gasteiger partial charge on any atom is 0.276 e. The number of nitrogens with zero attached hydrogens (tertiary/aromatic N) is 3. The number of fused-ring (bicyclic) bond motifs is 1. The summed E-state index contributed by atoms with van der Waals surface area (Å²) < 4.78 is 14.5. The lowest BCUT2D eigenvalue weighted by Gasteiger charge is -2.38. The van der Waals surface area contributed by atoms with Crippen LogP contribution < -0.4 is 5.43 Å². The van der Waals surface area contributed by atoms with Crippen molar-refractivity contribution in [2.24, 2.45) is 0 Å². The molecule has 0 saturated heterocycles. The van der Waals surface area contributed by atoms with Gasteiger partial charge in [0.2, 0.25) is 5.43 Å². The second kappa shape index (κ2) is 6.66. The average Bonchev–Trinajstić information content (AvgIpc) is 2.61. The molecule has 1 aliphatic heterocycles. The van der Waals surface area contributed by atoms with Gasteiger partial charge in [0, 0.05) is 12.6 Å². The average molecular weight is 345 g/mol. The summed E-state index contributed by atoms with van der Waals surface area (Å²) in [4.78, 5) is 26.2. The zero-order chi connectivity index (χ0) is 18.1. The normalized spacial score (nSPS) is 18.1. The molecule has 132 valence electrons. The molecule has 2 unspecified atom stereocenters. The first-order chi connectivity index (χ1) is 11.9. The van der Waals surface area contributed by atoms with Crippen molar-refractivity contribution in [2.75, 3.05) is 6.54 Å². The van der Waals surface area contributed by atoms with Crippen molar-refractivity contribution < 1.29 is 14.3 Å². The lowest BCUT2D eigenvalue weighted by Crippen LogP contribution is -2.49. The van der Waals surface area contributed by atoms with Gasteiger partial charge in [-0.2, -0.15) is 5.10 Å². The molecule has 0 spiro atoms. The maximum absolute atomic E-state index is 13.1. The summed E-state index contributed by atoms with van der Waals surface area (Å²) in [6.45, 7) is 4.30. The van der Waals surface area contributed by atoms with Crippen molar-refractivity contribution in [3.63, 3.8) is 0 Å². The zero-order valence-electron chi connectivity index (χ0n) is 14.1. The number of carbonyl (C=O) groups is 1. The third-order valence-electron chi connectivity index (χ3n) is 4.71. The van der Waals surface area contributed by atoms with Crippen molar-refractivity contribution in [2.45, 2.75) is 38.8 Å². The standard InChI is InChI=1S/C18H20FN3O3/c1-3-11(2)21-10-14(8-12-4-6-13(19)7-5-12)22-16(18(21)25)17(24)15(23)9-20-22/h4-7,9,11,14,24H,3,8,10H2,1-2H3. The fourth-order valence-corrected chi connectivity index (χ4v) is 3.10. The summed E-state index contributed by atoms with van der Waals surface area (Å²) in [5.41, 5.74) is 0.132. The van der Waals surface area contributed by atoms with Crippen LogP contribution in [0.15, 0.2) is 35.3 Å². The molecule has 2 atom stereocenters. The Labute approximate surface area is 144 Å². The van der Waals surface area contributed by atoms with E-state index in [1.807, 2.05) is 13.8 Å². The minimum Gasteiger partial charge on any atom is -0.502 e. The van der Waals surface area contributed by atoms with E-state index in [4.69, 9.17) is 0 Å². The topological polar surface area (TPSA) is 75.4 Å². The number of aromatic nitrogens is 2. The van der Waals surface area contributed by atoms with Crippen LogP contribution in [0.2, 0.25) is 0 Å². The molecule has 1 aromatic heterocycles. The van der Waals surface area contributed by atoms with Crippen molar-refractivity contribution >= 4 is 5.91 Å². The van der Waals surface area contributed by atoms with Gasteiger partial charge in [0.1, 0.15) is 5.82 Å². The molecule has 0 bridgehead atoms. The quantitative estimate of drug-likeness (QED) is 0.921. The number of halogens is 1. The smallest absolute Gasteiger partial charge is 0.276 e. The van der Waals surface area contributed by atoms with E-state index in [9.17, 15) is 19.1 Å². The van der Waals surface area contributed by atoms with Crippen LogP contribution >= 0.6 is 0 Å². The van der Waals surface area contributed by atoms with Gasteiger partial charge in [-0.1, -0.05) is 19.1 Å². The SMILES string of the molecule is CCC(C)N1CC(Cc2ccc(F)cc2)n2ncc(=O)c(O)c2C1=O. The summed E-state index contributed by atoms with van der Waals surface area (Å²) in [6.07, 6.45) is 2.27. The van der Waals surface area contributed by atoms with E-state index in [1.54, 1.807) is 17.0 Å². The van der Waals surface area contributed by atoms with Gasteiger partial charge < -0.3 is 10.0 Å². The lowest BCUT2D eigenvalue weighted by molar-refractivity contribution is 0.0560. The molecule has 1 aromatic carbocycles. The lowest BCUT2D eigenvalue weighted by atomic mass is 10.0. The van der Waals surface area contributed by atoms with E-state index in [2.05, 4.69) is 5.10 Å². The molecule has 0 radical (unpaired) electrons. The Balaban J connectivity index is 2.04. The van der Waals surface area contributed by atoms with Gasteiger partial charge in [0.25, 0.3) is 5.91 Å². The summed E-state index contributed by atoms with van der Waals surface area (Å²) in [6, 6.07) is 5.84. The van der Waals surface area contributed by atoms with Crippen molar-refractivity contribution in [3.05, 3.63) is 57.8 Å². The molecule has 0 aliphatic carbocycles. The predicted molar refractivity (Wildman–Crippen MR) is 90.1 cm³/mol. The van der Waals surface area contributed by atoms with E-state index in [1.165, 1.54) is 16.8 Å². The van der Waals surface area contributed by atoms with Crippen LogP contribution in [0.3, 0.4) is 0 Å². The largest absolute Gasteiger partial charge is 0.502 e. The van der Waals surface area contributed by atoms with Crippen LogP contribution in [-0.2, 0) is 6.42 Å². The molecule has 25 heavy (non-hydrogen) atoms. The Morgan fingerprint density at radius 2 is 2.00 bits per heavy atom. The monoisotopic (exact) mass is 345 g/mol. The van der Waals surface area contributed by atoms with E-state index in [0.29, 0.717) is 13.0 Å². The fourth-order valence-electron chi connectivity index (χ4n) is 3.10. The Hall–Kier alpha value is -2.70. The number of amides is 1. The van der Waals surface area contributed by atoms with Crippen molar-refractivity contribution in [1.82, 2.24) is 14.7 Å². The number of carbonyl (C=O) groups excluding carboxylic acids is 1. The third-order valence-corrected chi connectivity index (χ3v) is 4.71. The van der Waals surface area contributed by atoms with Crippen molar-refractivity contribution in [3.8, 4) is 5.75 Å². The number of aromatic hydroxyl groups is 1. The third kappa shape index (κ3) is 3.14. The van der Waals surface area contributed by atoms with E-state index in [0.717, 1.165) is 18.2 Å². The van der Waals surface area contributed by atoms with Gasteiger partial charge in [-0.15, -0.1) is 0 Å². The number of rotatable bonds is 4. The van der Waals surface area contributed by atoms with Gasteiger partial charge in [0.15, 0.2) is 11.4 Å². The minimum absolute atomic E-state index is 0.0355. The molecule has 2 heterocycles. The van der Waals surface area contributed by atoms with Gasteiger partial charge in [-0.3, -0.25) is 14.3 Å². The Kier molecular flexibility index (Phi) is 4.57. The molecule has 6 nitrogen and oxygen atoms in total. The molecule has 2 aromatic rings. The molecule has 3 rings (SSSR count). The molecular weight excluding hydrogens is 325 g/mol. The Bertz CT molecular complexity index is 848. The van der Waals surface area contributed by atoms with Gasteiger partial charge in [-0.25, -0.2) is 4.39 Å². The van der Waals surface area contributed by atoms with E-state index >= 15 is 0 Å². The van der Waals surface area contributed by atoms with Crippen LogP contribution in [-0.4, -0.2) is 38.3 Å². The second-order valence-electron chi connectivity index (χ2n) is 6.35. The van der Waals surface area contributed by atoms with Gasteiger partial charge in [-0.05, 0) is 37.5 Å². The first-order valence-corrected chi connectivity index (χ1v) is 8.28. The minimum atomic E-state index is -0.675. The van der Waals surface area contributed by atoms with Gasteiger partial charge in [0.05, 0.1) is 12.2 Å². The molecule has 1 amide bonds. The molecule has 0 saturated carbocycles. The second-order valence-corrected chi connectivity index (χ2v) is 6.35. The Morgan fingerprint density at radius 3 is 2.64 bits per heavy atom. The zero-order valence-corrected chi connectivity index (χ0v) is 14.1. The first kappa shape index (κ1) is 17.1. The highest BCUT2D eigenvalue weighted by Crippen LogP contribution is 2.28. The van der Waals surface area contributed by atoms with Crippen molar-refractivity contribution in [1.29, 1.82) is 0 Å². The maximum atomic E-state index is 13.1. The van der Waals surface area contributed by atoms with Crippen LogP contribution in [0.25, 0.3) is 0 Å². The first-order valence-electron chi connectivity index (χ1n) is 8.28. The molecule has 1 N–H and O–H groups in total. The molecule has 7 heteroatoms. The highest BCUT2D eigenvalue weighted by molar-refractivity contribution is 5.95. The van der Waals surface area contributed by atoms with Crippen LogP contribution in [0.5, 0.6) is 5.75 Å². The number of hydrogen-bond acceptors (Lipinski definition) is 4. The van der Waals surface area contributed by atoms with E-state index < -0.39 is 17.1 Å². The highest BCUT2D eigenvalue weighted by atomic mass is 19.1. The summed E-state index contributed by atoms with van der Waals surface area (Å²) >= 11 is 0. The predicted octanol–water partition coefficient (Wildman–Crippen LogP) is 2.13. The summed E-state index contributed by atoms with van der Waals surface area (Å²) in [5, 5.41) is 14.2. The molecular formula is C18H20FN3O3. The fraction of sp³-hybridized carbons (Fsp3) is 0.389. The number of hydrogen-bond donors (Lipinski definition) is 1. The highest BCUT2D eigenvalue weighted by Gasteiger charge is 2.36. The summed E-state index contributed by atoms with van der Waals surface area (Å²) in [5.74, 6) is -1.28. The Morgan fingerprint density at radius 1 is 1.32 bits per heavy atom. The van der Waals surface area contributed by atoms with Gasteiger partial charge >= 0.3 is 0 Å². The molecule has 1 aliphatic rings. The summed E-state index contributed by atoms with van der Waals surface area (Å²) in [7, 11) is 0. The van der Waals surface area contributed by atoms with Crippen LogP contribution in [0.1, 0.15) is 42.4 Å². The van der Waals surface area contributed by atoms with Crippen LogP contribution in [0, 0.1) is 5.82 Å². The van der Waals surface area contributed by atoms with E-state index in [-0.39, 0.29) is 23.6 Å². The molecule has 0 fully saturated rings. The van der Waals surface area contributed by atoms with Crippen LogP contribution in [0.4, 0.5) is 4.39 Å².